The summed E-state index contributed by atoms with van der Waals surface area (Å²) >= 11 is 0. The number of hydrogen-bond donors (Lipinski definition) is 0. The van der Waals surface area contributed by atoms with E-state index in [1.807, 2.05) is 0 Å². The van der Waals surface area contributed by atoms with E-state index in [1.165, 1.54) is 0 Å². The molecule has 0 aromatic rings. The van der Waals surface area contributed by atoms with Gasteiger partial charge < -0.3 is 18.6 Å². The van der Waals surface area contributed by atoms with Crippen LogP contribution >= 0.6 is 0 Å². The lowest BCUT2D eigenvalue weighted by molar-refractivity contribution is -0.139. The van der Waals surface area contributed by atoms with Crippen molar-refractivity contribution >= 4 is 14.3 Å². The van der Waals surface area contributed by atoms with Crippen LogP contribution in [0, 0.1) is 0 Å². The molecule has 0 amide bonds. The van der Waals surface area contributed by atoms with Gasteiger partial charge in [-0.25, -0.2) is 4.79 Å². The van der Waals surface area contributed by atoms with Crippen molar-refractivity contribution in [2.24, 2.45) is 0 Å². The van der Waals surface area contributed by atoms with Crippen molar-refractivity contribution in [2.75, 3.05) is 40.1 Å². The fourth-order valence-electron chi connectivity index (χ4n) is 1.00. The molecule has 0 bridgehead atoms. The van der Waals surface area contributed by atoms with Crippen molar-refractivity contribution in [3.8, 4) is 0 Å². The molecule has 0 N–H and O–H groups in total. The third kappa shape index (κ3) is 10.5. The number of carbonyl (C=O) groups excluding carboxylic acids is 1. The van der Waals surface area contributed by atoms with Gasteiger partial charge in [0.05, 0.1) is 19.8 Å². The Morgan fingerprint density at radius 3 is 2.22 bits per heavy atom. The highest BCUT2D eigenvalue weighted by Crippen LogP contribution is 2.08. The third-order valence-corrected chi connectivity index (χ3v) is 4.93. The van der Waals surface area contributed by atoms with Crippen LogP contribution in [0.1, 0.15) is 0 Å². The van der Waals surface area contributed by atoms with E-state index >= 15 is 0 Å². The predicted molar refractivity (Wildman–Crippen MR) is 72.1 cm³/mol. The summed E-state index contributed by atoms with van der Waals surface area (Å²) in [6, 6.07) is 0.973. The van der Waals surface area contributed by atoms with Crippen LogP contribution in [0.5, 0.6) is 0 Å². The average Bonchev–Trinajstić information content (AvgIpc) is 2.36. The van der Waals surface area contributed by atoms with Gasteiger partial charge in [0.2, 0.25) is 0 Å². The Labute approximate surface area is 110 Å². The Morgan fingerprint density at radius 1 is 1.11 bits per heavy atom. The first-order valence-corrected chi connectivity index (χ1v) is 9.13. The van der Waals surface area contributed by atoms with Crippen LogP contribution < -0.4 is 0 Å². The summed E-state index contributed by atoms with van der Waals surface area (Å²) in [5.41, 5.74) is 0. The van der Waals surface area contributed by atoms with Crippen molar-refractivity contribution in [1.29, 1.82) is 0 Å². The topological polar surface area (TPSA) is 54.0 Å². The van der Waals surface area contributed by atoms with Gasteiger partial charge in [-0.3, -0.25) is 0 Å². The van der Waals surface area contributed by atoms with Crippen molar-refractivity contribution in [3.63, 3.8) is 0 Å². The van der Waals surface area contributed by atoms with Gasteiger partial charge in [0, 0.05) is 19.8 Å². The lowest BCUT2D eigenvalue weighted by Gasteiger charge is -2.19. The first kappa shape index (κ1) is 17.3. The van der Waals surface area contributed by atoms with E-state index in [0.29, 0.717) is 26.4 Å². The van der Waals surface area contributed by atoms with E-state index in [9.17, 15) is 4.79 Å². The molecule has 6 heteroatoms. The zero-order valence-electron chi connectivity index (χ0n) is 11.6. The van der Waals surface area contributed by atoms with Gasteiger partial charge in [0.15, 0.2) is 8.32 Å². The van der Waals surface area contributed by atoms with E-state index in [1.54, 1.807) is 7.11 Å². The summed E-state index contributed by atoms with van der Waals surface area (Å²) in [4.78, 5) is 10.7. The number of esters is 1. The SMILES string of the molecule is C=CC(=O)OCCOCCOCC[Si](C)(C)OC. The van der Waals surface area contributed by atoms with Crippen molar-refractivity contribution in [3.05, 3.63) is 12.7 Å². The highest BCUT2D eigenvalue weighted by atomic mass is 28.4. The van der Waals surface area contributed by atoms with Crippen LogP contribution in [0.2, 0.25) is 19.1 Å². The van der Waals surface area contributed by atoms with Crippen LogP contribution in [0.4, 0.5) is 0 Å². The number of rotatable bonds is 11. The maximum atomic E-state index is 10.7. The zero-order valence-corrected chi connectivity index (χ0v) is 12.6. The largest absolute Gasteiger partial charge is 0.460 e. The van der Waals surface area contributed by atoms with Gasteiger partial charge in [-0.2, -0.15) is 0 Å². The van der Waals surface area contributed by atoms with Gasteiger partial charge in [-0.1, -0.05) is 6.58 Å². The molecule has 0 aliphatic heterocycles. The van der Waals surface area contributed by atoms with E-state index < -0.39 is 14.3 Å². The molecule has 0 aliphatic rings. The highest BCUT2D eigenvalue weighted by Gasteiger charge is 2.19. The highest BCUT2D eigenvalue weighted by molar-refractivity contribution is 6.71. The summed E-state index contributed by atoms with van der Waals surface area (Å²) < 4.78 is 20.8. The molecule has 106 valence electrons. The predicted octanol–water partition coefficient (Wildman–Crippen LogP) is 1.60. The average molecular weight is 276 g/mol. The van der Waals surface area contributed by atoms with Gasteiger partial charge in [0.1, 0.15) is 6.61 Å². The Balaban J connectivity index is 3.22. The molecule has 0 radical (unpaired) electrons. The molecule has 5 nitrogen and oxygen atoms in total. The molecule has 0 aromatic heterocycles. The van der Waals surface area contributed by atoms with E-state index in [2.05, 4.69) is 19.7 Å². The minimum atomic E-state index is -1.51. The third-order valence-electron chi connectivity index (χ3n) is 2.41. The van der Waals surface area contributed by atoms with E-state index in [4.69, 9.17) is 18.6 Å². The quantitative estimate of drug-likeness (QED) is 0.248. The summed E-state index contributed by atoms with van der Waals surface area (Å²) in [6.45, 7) is 9.96. The monoisotopic (exact) mass is 276 g/mol. The molecule has 0 heterocycles. The van der Waals surface area contributed by atoms with Gasteiger partial charge >= 0.3 is 5.97 Å². The second kappa shape index (κ2) is 10.2. The second-order valence-electron chi connectivity index (χ2n) is 4.31. The Morgan fingerprint density at radius 2 is 1.67 bits per heavy atom. The molecule has 0 spiro atoms. The maximum Gasteiger partial charge on any atom is 0.330 e. The van der Waals surface area contributed by atoms with Crippen molar-refractivity contribution in [1.82, 2.24) is 0 Å². The summed E-state index contributed by atoms with van der Waals surface area (Å²) in [5.74, 6) is -0.429. The summed E-state index contributed by atoms with van der Waals surface area (Å²) in [6.07, 6.45) is 1.13. The summed E-state index contributed by atoms with van der Waals surface area (Å²) in [7, 11) is 0.242. The molecular weight excluding hydrogens is 252 g/mol. The van der Waals surface area contributed by atoms with E-state index in [-0.39, 0.29) is 6.61 Å². The molecular formula is C12H24O5Si. The smallest absolute Gasteiger partial charge is 0.330 e. The van der Waals surface area contributed by atoms with Gasteiger partial charge in [-0.05, 0) is 19.1 Å². The zero-order chi connectivity index (χ0) is 13.9. The van der Waals surface area contributed by atoms with Gasteiger partial charge in [-0.15, -0.1) is 0 Å². The Bertz CT molecular complexity index is 243. The number of carbonyl (C=O) groups is 1. The van der Waals surface area contributed by atoms with Crippen LogP contribution in [0.15, 0.2) is 12.7 Å². The second-order valence-corrected chi connectivity index (χ2v) is 8.74. The Hall–Kier alpha value is -0.693. The van der Waals surface area contributed by atoms with Crippen LogP contribution in [-0.2, 0) is 23.4 Å². The molecule has 0 saturated heterocycles. The normalized spacial score (nSPS) is 11.3. The minimum Gasteiger partial charge on any atom is -0.460 e. The number of hydrogen-bond acceptors (Lipinski definition) is 5. The molecule has 0 aromatic carbocycles. The van der Waals surface area contributed by atoms with Gasteiger partial charge in [0.25, 0.3) is 0 Å². The maximum absolute atomic E-state index is 10.7. The molecule has 0 atom stereocenters. The molecule has 18 heavy (non-hydrogen) atoms. The molecule has 0 unspecified atom stereocenters. The van der Waals surface area contributed by atoms with Crippen molar-refractivity contribution in [2.45, 2.75) is 19.1 Å². The molecule has 0 fully saturated rings. The lowest BCUT2D eigenvalue weighted by atomic mass is 10.6. The fraction of sp³-hybridized carbons (Fsp3) is 0.750. The van der Waals surface area contributed by atoms with Crippen LogP contribution in [-0.4, -0.2) is 54.4 Å². The minimum absolute atomic E-state index is 0.245. The first-order chi connectivity index (χ1) is 8.52. The molecule has 0 aliphatic carbocycles. The lowest BCUT2D eigenvalue weighted by Crippen LogP contribution is -2.30. The standard InChI is InChI=1S/C12H24O5Si/c1-5-12(13)17-9-8-15-6-7-16-10-11-18(3,4)14-2/h5H,1,6-11H2,2-4H3. The Kier molecular flexibility index (Phi) is 9.86. The molecule has 0 rings (SSSR count). The van der Waals surface area contributed by atoms with Crippen LogP contribution in [0.3, 0.4) is 0 Å². The summed E-state index contributed by atoms with van der Waals surface area (Å²) in [5, 5.41) is 0. The van der Waals surface area contributed by atoms with Crippen LogP contribution in [0.25, 0.3) is 0 Å². The molecule has 0 saturated carbocycles. The first-order valence-electron chi connectivity index (χ1n) is 6.01. The van der Waals surface area contributed by atoms with Crippen molar-refractivity contribution < 1.29 is 23.4 Å². The number of ether oxygens (including phenoxy) is 3. The fourth-order valence-corrected chi connectivity index (χ4v) is 1.84. The van der Waals surface area contributed by atoms with E-state index in [0.717, 1.165) is 12.1 Å².